The molecule has 0 saturated carbocycles. The molecule has 0 aliphatic heterocycles. The number of rotatable bonds is 6. The normalized spacial score (nSPS) is 13.4. The predicted octanol–water partition coefficient (Wildman–Crippen LogP) is 0.796. The van der Waals surface area contributed by atoms with Crippen LogP contribution >= 0.6 is 24.0 Å². The molecule has 0 radical (unpaired) electrons. The van der Waals surface area contributed by atoms with Crippen LogP contribution in [0, 0.1) is 13.8 Å². The van der Waals surface area contributed by atoms with Crippen LogP contribution in [0.1, 0.15) is 23.9 Å². The molecular weight excluding hydrogens is 429 g/mol. The van der Waals surface area contributed by atoms with E-state index in [-0.39, 0.29) is 35.8 Å². The summed E-state index contributed by atoms with van der Waals surface area (Å²) in [4.78, 5) is 4.12. The molecule has 0 amide bonds. The summed E-state index contributed by atoms with van der Waals surface area (Å²) in [7, 11) is 0.640. The summed E-state index contributed by atoms with van der Waals surface area (Å²) in [5.41, 5.74) is 3.42. The molecule has 1 aromatic heterocycles. The predicted molar refractivity (Wildman–Crippen MR) is 105 cm³/mol. The Hall–Kier alpha value is -0.840. The monoisotopic (exact) mass is 457 g/mol. The van der Waals surface area contributed by atoms with Crippen LogP contribution in [0.15, 0.2) is 4.99 Å². The molecule has 0 saturated heterocycles. The second-order valence-electron chi connectivity index (χ2n) is 5.65. The lowest BCUT2D eigenvalue weighted by atomic mass is 10.1. The fourth-order valence-electron chi connectivity index (χ4n) is 2.25. The minimum absolute atomic E-state index is 0. The van der Waals surface area contributed by atoms with Crippen LogP contribution in [0.5, 0.6) is 0 Å². The van der Waals surface area contributed by atoms with Gasteiger partial charge in [-0.15, -0.1) is 24.0 Å². The Morgan fingerprint density at radius 1 is 1.39 bits per heavy atom. The summed E-state index contributed by atoms with van der Waals surface area (Å²) in [6, 6.07) is 0.158. The summed E-state index contributed by atoms with van der Waals surface area (Å²) in [6.07, 6.45) is 2.06. The smallest absolute Gasteiger partial charge is 0.191 e. The lowest BCUT2D eigenvalue weighted by Gasteiger charge is -2.18. The highest BCUT2D eigenvalue weighted by atomic mass is 127. The largest absolute Gasteiger partial charge is 0.355 e. The number of hydrogen-bond donors (Lipinski definition) is 2. The van der Waals surface area contributed by atoms with Crippen molar-refractivity contribution < 1.29 is 8.42 Å². The number of halogens is 1. The van der Waals surface area contributed by atoms with Crippen LogP contribution in [0.3, 0.4) is 0 Å². The van der Waals surface area contributed by atoms with Crippen LogP contribution in [0.2, 0.25) is 0 Å². The van der Waals surface area contributed by atoms with Gasteiger partial charge in [0, 0.05) is 38.6 Å². The van der Waals surface area contributed by atoms with Gasteiger partial charge in [0.15, 0.2) is 5.96 Å². The maximum absolute atomic E-state index is 11.1. The van der Waals surface area contributed by atoms with Gasteiger partial charge in [-0.1, -0.05) is 0 Å². The molecule has 1 heterocycles. The SMILES string of the molecule is CN=C(NCCS(C)(=O)=O)NC(C)Cc1c(C)nn(C)c1C.I. The van der Waals surface area contributed by atoms with E-state index in [2.05, 4.69) is 34.6 Å². The van der Waals surface area contributed by atoms with Crippen molar-refractivity contribution in [1.82, 2.24) is 20.4 Å². The zero-order valence-electron chi connectivity index (χ0n) is 14.7. The van der Waals surface area contributed by atoms with Gasteiger partial charge in [-0.05, 0) is 32.8 Å². The van der Waals surface area contributed by atoms with Crippen molar-refractivity contribution in [3.8, 4) is 0 Å². The molecule has 1 rings (SSSR count). The fourth-order valence-corrected chi connectivity index (χ4v) is 2.73. The van der Waals surface area contributed by atoms with E-state index in [1.165, 1.54) is 11.8 Å². The second-order valence-corrected chi connectivity index (χ2v) is 7.91. The first-order chi connectivity index (χ1) is 10.1. The van der Waals surface area contributed by atoms with Gasteiger partial charge in [0.05, 0.1) is 11.4 Å². The zero-order valence-corrected chi connectivity index (χ0v) is 17.8. The highest BCUT2D eigenvalue weighted by Crippen LogP contribution is 2.13. The van der Waals surface area contributed by atoms with Crippen molar-refractivity contribution in [2.24, 2.45) is 12.0 Å². The van der Waals surface area contributed by atoms with Crippen molar-refractivity contribution >= 4 is 39.8 Å². The number of aryl methyl sites for hydroxylation is 2. The van der Waals surface area contributed by atoms with Crippen molar-refractivity contribution in [3.63, 3.8) is 0 Å². The van der Waals surface area contributed by atoms with E-state index in [4.69, 9.17) is 0 Å². The molecule has 0 aromatic carbocycles. The fraction of sp³-hybridized carbons (Fsp3) is 0.714. The zero-order chi connectivity index (χ0) is 16.9. The van der Waals surface area contributed by atoms with Gasteiger partial charge in [-0.25, -0.2) is 8.42 Å². The average Bonchev–Trinajstić information content (AvgIpc) is 2.63. The van der Waals surface area contributed by atoms with E-state index >= 15 is 0 Å². The molecule has 9 heteroatoms. The van der Waals surface area contributed by atoms with Crippen molar-refractivity contribution in [3.05, 3.63) is 17.0 Å². The molecule has 0 aliphatic carbocycles. The van der Waals surface area contributed by atoms with Gasteiger partial charge < -0.3 is 10.6 Å². The van der Waals surface area contributed by atoms with E-state index in [1.807, 2.05) is 18.7 Å². The number of hydrogen-bond acceptors (Lipinski definition) is 4. The van der Waals surface area contributed by atoms with Crippen molar-refractivity contribution in [2.75, 3.05) is 25.6 Å². The van der Waals surface area contributed by atoms with Gasteiger partial charge in [-0.2, -0.15) is 5.10 Å². The molecule has 2 N–H and O–H groups in total. The number of aromatic nitrogens is 2. The van der Waals surface area contributed by atoms with E-state index in [1.54, 1.807) is 7.05 Å². The van der Waals surface area contributed by atoms with Crippen LogP contribution < -0.4 is 10.6 Å². The van der Waals surface area contributed by atoms with Gasteiger partial charge >= 0.3 is 0 Å². The Morgan fingerprint density at radius 2 is 2.00 bits per heavy atom. The molecule has 1 atom stereocenters. The molecule has 1 unspecified atom stereocenters. The standard InChI is InChI=1S/C14H27N5O2S.HI/c1-10(9-13-11(2)18-19(5)12(13)3)17-14(15-4)16-7-8-22(6,20)21;/h10H,7-9H2,1-6H3,(H2,15,16,17);1H. The first-order valence-corrected chi connectivity index (χ1v) is 9.34. The molecule has 7 nitrogen and oxygen atoms in total. The number of guanidine groups is 1. The maximum Gasteiger partial charge on any atom is 0.191 e. The Bertz CT molecular complexity index is 640. The molecule has 0 bridgehead atoms. The number of aliphatic imine (C=N–C) groups is 1. The second kappa shape index (κ2) is 9.45. The van der Waals surface area contributed by atoms with E-state index in [9.17, 15) is 8.42 Å². The Kier molecular flexibility index (Phi) is 9.11. The third-order valence-corrected chi connectivity index (χ3v) is 4.49. The summed E-state index contributed by atoms with van der Waals surface area (Å²) in [5, 5.41) is 10.7. The first-order valence-electron chi connectivity index (χ1n) is 7.28. The average molecular weight is 457 g/mol. The van der Waals surface area contributed by atoms with Crippen LogP contribution in [-0.4, -0.2) is 55.8 Å². The summed E-state index contributed by atoms with van der Waals surface area (Å²) in [5.74, 6) is 0.693. The summed E-state index contributed by atoms with van der Waals surface area (Å²) in [6.45, 7) is 6.47. The van der Waals surface area contributed by atoms with Crippen LogP contribution in [0.25, 0.3) is 0 Å². The van der Waals surface area contributed by atoms with Gasteiger partial charge in [0.2, 0.25) is 0 Å². The van der Waals surface area contributed by atoms with Crippen molar-refractivity contribution in [1.29, 1.82) is 0 Å². The van der Waals surface area contributed by atoms with E-state index in [0.29, 0.717) is 12.5 Å². The number of nitrogens with zero attached hydrogens (tertiary/aromatic N) is 3. The minimum atomic E-state index is -2.97. The Balaban J connectivity index is 0.00000484. The number of nitrogens with one attached hydrogen (secondary N) is 2. The van der Waals surface area contributed by atoms with Crippen molar-refractivity contribution in [2.45, 2.75) is 33.2 Å². The lowest BCUT2D eigenvalue weighted by molar-refractivity contribution is 0.599. The molecule has 0 aliphatic rings. The van der Waals surface area contributed by atoms with Crippen LogP contribution in [0.4, 0.5) is 0 Å². The van der Waals surface area contributed by atoms with E-state index in [0.717, 1.165) is 17.8 Å². The van der Waals surface area contributed by atoms with Gasteiger partial charge in [0.1, 0.15) is 9.84 Å². The quantitative estimate of drug-likeness (QED) is 0.375. The van der Waals surface area contributed by atoms with E-state index < -0.39 is 9.84 Å². The molecule has 23 heavy (non-hydrogen) atoms. The maximum atomic E-state index is 11.1. The van der Waals surface area contributed by atoms with Crippen LogP contribution in [-0.2, 0) is 23.3 Å². The summed E-state index contributed by atoms with van der Waals surface area (Å²) < 4.78 is 24.1. The van der Waals surface area contributed by atoms with Gasteiger partial charge in [-0.3, -0.25) is 9.67 Å². The molecule has 0 fully saturated rings. The molecule has 0 spiro atoms. The lowest BCUT2D eigenvalue weighted by Crippen LogP contribution is -2.44. The summed E-state index contributed by atoms with van der Waals surface area (Å²) >= 11 is 0. The third-order valence-electron chi connectivity index (χ3n) is 3.54. The molecule has 1 aromatic rings. The van der Waals surface area contributed by atoms with Gasteiger partial charge in [0.25, 0.3) is 0 Å². The molecular formula is C14H28IN5O2S. The third kappa shape index (κ3) is 7.51. The Morgan fingerprint density at radius 3 is 2.43 bits per heavy atom. The Labute approximate surface area is 156 Å². The number of sulfone groups is 1. The minimum Gasteiger partial charge on any atom is -0.355 e. The highest BCUT2D eigenvalue weighted by molar-refractivity contribution is 14.0. The highest BCUT2D eigenvalue weighted by Gasteiger charge is 2.14. The first kappa shape index (κ1) is 22.2. The topological polar surface area (TPSA) is 88.4 Å². The molecule has 134 valence electrons.